The second-order valence-electron chi connectivity index (χ2n) is 7.33. The molecule has 0 radical (unpaired) electrons. The van der Waals surface area contributed by atoms with Crippen LogP contribution < -0.4 is 10.1 Å². The number of halogens is 1. The molecular weight excluding hydrogens is 448 g/mol. The molecule has 2 heterocycles. The maximum atomic E-state index is 13.5. The van der Waals surface area contributed by atoms with Gasteiger partial charge in [0, 0.05) is 23.0 Å². The van der Waals surface area contributed by atoms with Crippen molar-refractivity contribution in [2.45, 2.75) is 6.92 Å². The van der Waals surface area contributed by atoms with E-state index in [1.807, 2.05) is 37.3 Å². The largest absolute Gasteiger partial charge is 0.496 e. The van der Waals surface area contributed by atoms with E-state index in [0.29, 0.717) is 53.2 Å². The van der Waals surface area contributed by atoms with E-state index < -0.39 is 0 Å². The summed E-state index contributed by atoms with van der Waals surface area (Å²) in [5.74, 6) is -0.0941. The smallest absolute Gasteiger partial charge is 0.260 e. The van der Waals surface area contributed by atoms with Crippen molar-refractivity contribution in [1.29, 1.82) is 0 Å². The Morgan fingerprint density at radius 1 is 1.12 bits per heavy atom. The quantitative estimate of drug-likeness (QED) is 0.562. The van der Waals surface area contributed by atoms with Crippen LogP contribution in [0, 0.1) is 6.92 Å². The highest BCUT2D eigenvalue weighted by atomic mass is 35.5. The van der Waals surface area contributed by atoms with Crippen molar-refractivity contribution < 1.29 is 19.1 Å². The van der Waals surface area contributed by atoms with E-state index in [9.17, 15) is 9.59 Å². The lowest BCUT2D eigenvalue weighted by atomic mass is 10.1. The van der Waals surface area contributed by atoms with Crippen molar-refractivity contribution in [3.8, 4) is 16.2 Å². The first kappa shape index (κ1) is 22.3. The van der Waals surface area contributed by atoms with Crippen LogP contribution in [0.1, 0.15) is 26.3 Å². The Kier molecular flexibility index (Phi) is 6.79. The Morgan fingerprint density at radius 3 is 2.53 bits per heavy atom. The highest BCUT2D eigenvalue weighted by molar-refractivity contribution is 7.20. The summed E-state index contributed by atoms with van der Waals surface area (Å²) < 4.78 is 10.7. The number of nitrogens with zero attached hydrogens (tertiary/aromatic N) is 1. The summed E-state index contributed by atoms with van der Waals surface area (Å²) in [4.78, 5) is 29.3. The van der Waals surface area contributed by atoms with Crippen LogP contribution in [-0.2, 0) is 4.74 Å². The summed E-state index contributed by atoms with van der Waals surface area (Å²) in [7, 11) is 1.50. The number of methoxy groups -OCH3 is 1. The number of hydrogen-bond acceptors (Lipinski definition) is 5. The number of carbonyl (C=O) groups is 2. The fourth-order valence-corrected chi connectivity index (χ4v) is 5.05. The molecule has 1 aliphatic rings. The molecule has 2 amide bonds. The fraction of sp³-hybridized carbons (Fsp3) is 0.250. The second-order valence-corrected chi connectivity index (χ2v) is 8.79. The molecule has 32 heavy (non-hydrogen) atoms. The average Bonchev–Trinajstić information content (AvgIpc) is 3.15. The minimum absolute atomic E-state index is 0.113. The molecule has 0 aliphatic carbocycles. The maximum absolute atomic E-state index is 13.5. The normalized spacial score (nSPS) is 13.7. The lowest BCUT2D eigenvalue weighted by Gasteiger charge is -2.27. The molecule has 3 aromatic rings. The number of amides is 2. The van der Waals surface area contributed by atoms with E-state index in [1.165, 1.54) is 18.4 Å². The van der Waals surface area contributed by atoms with Crippen molar-refractivity contribution in [3.63, 3.8) is 0 Å². The van der Waals surface area contributed by atoms with Crippen LogP contribution in [0.5, 0.6) is 5.75 Å². The zero-order valence-electron chi connectivity index (χ0n) is 17.8. The molecule has 0 unspecified atom stereocenters. The summed E-state index contributed by atoms with van der Waals surface area (Å²) in [6, 6.07) is 14.7. The maximum Gasteiger partial charge on any atom is 0.260 e. The third-order valence-corrected chi connectivity index (χ3v) is 6.82. The van der Waals surface area contributed by atoms with Crippen molar-refractivity contribution in [2.75, 3.05) is 38.7 Å². The van der Waals surface area contributed by atoms with Gasteiger partial charge in [-0.25, -0.2) is 0 Å². The van der Waals surface area contributed by atoms with Gasteiger partial charge in [0.1, 0.15) is 10.8 Å². The molecule has 0 spiro atoms. The van der Waals surface area contributed by atoms with Crippen molar-refractivity contribution in [1.82, 2.24) is 4.90 Å². The standard InChI is InChI=1S/C24H23ClN2O4S/c1-15-20(24(29)27-10-12-31-13-11-27)23(32-21(15)16-6-4-3-5-7-16)26-22(28)18-14-17(25)8-9-19(18)30-2/h3-9,14H,10-13H2,1-2H3,(H,26,28). The second kappa shape index (κ2) is 9.73. The third-order valence-electron chi connectivity index (χ3n) is 5.33. The van der Waals surface area contributed by atoms with Crippen LogP contribution in [0.2, 0.25) is 5.02 Å². The van der Waals surface area contributed by atoms with Gasteiger partial charge in [-0.15, -0.1) is 11.3 Å². The number of rotatable bonds is 5. The first-order valence-corrected chi connectivity index (χ1v) is 11.4. The van der Waals surface area contributed by atoms with Gasteiger partial charge >= 0.3 is 0 Å². The Bertz CT molecular complexity index is 1140. The monoisotopic (exact) mass is 470 g/mol. The van der Waals surface area contributed by atoms with Gasteiger partial charge in [-0.3, -0.25) is 9.59 Å². The van der Waals surface area contributed by atoms with Crippen molar-refractivity contribution >= 4 is 39.8 Å². The van der Waals surface area contributed by atoms with Crippen LogP contribution in [0.4, 0.5) is 5.00 Å². The number of nitrogens with one attached hydrogen (secondary N) is 1. The minimum atomic E-state index is -0.388. The van der Waals surface area contributed by atoms with Crippen LogP contribution in [0.3, 0.4) is 0 Å². The van der Waals surface area contributed by atoms with Gasteiger partial charge in [0.2, 0.25) is 0 Å². The van der Waals surface area contributed by atoms with Crippen LogP contribution >= 0.6 is 22.9 Å². The average molecular weight is 471 g/mol. The number of benzene rings is 2. The molecule has 1 fully saturated rings. The first-order chi connectivity index (χ1) is 15.5. The number of morpholine rings is 1. The van der Waals surface area contributed by atoms with E-state index in [-0.39, 0.29) is 11.8 Å². The molecule has 1 N–H and O–H groups in total. The number of hydrogen-bond donors (Lipinski definition) is 1. The molecule has 4 rings (SSSR count). The van der Waals surface area contributed by atoms with Crippen LogP contribution in [0.25, 0.3) is 10.4 Å². The summed E-state index contributed by atoms with van der Waals surface area (Å²) in [6.45, 7) is 3.96. The minimum Gasteiger partial charge on any atom is -0.496 e. The number of anilines is 1. The highest BCUT2D eigenvalue weighted by Crippen LogP contribution is 2.41. The molecule has 166 valence electrons. The molecule has 1 saturated heterocycles. The summed E-state index contributed by atoms with van der Waals surface area (Å²) in [6.07, 6.45) is 0. The van der Waals surface area contributed by atoms with Gasteiger partial charge in [0.15, 0.2) is 0 Å². The summed E-state index contributed by atoms with van der Waals surface area (Å²) in [5.41, 5.74) is 2.64. The van der Waals surface area contributed by atoms with Gasteiger partial charge in [-0.05, 0) is 36.2 Å². The summed E-state index contributed by atoms with van der Waals surface area (Å²) in [5, 5.41) is 3.87. The van der Waals surface area contributed by atoms with E-state index in [2.05, 4.69) is 5.32 Å². The zero-order chi connectivity index (χ0) is 22.7. The topological polar surface area (TPSA) is 67.9 Å². The molecule has 0 bridgehead atoms. The molecule has 0 saturated carbocycles. The molecular formula is C24H23ClN2O4S. The van der Waals surface area contributed by atoms with E-state index in [0.717, 1.165) is 16.0 Å². The number of thiophene rings is 1. The number of carbonyl (C=O) groups excluding carboxylic acids is 2. The van der Waals surface area contributed by atoms with Crippen LogP contribution in [-0.4, -0.2) is 50.1 Å². The van der Waals surface area contributed by atoms with Gasteiger partial charge in [0.25, 0.3) is 11.8 Å². The van der Waals surface area contributed by atoms with Gasteiger partial charge in [-0.2, -0.15) is 0 Å². The summed E-state index contributed by atoms with van der Waals surface area (Å²) >= 11 is 7.50. The first-order valence-electron chi connectivity index (χ1n) is 10.2. The van der Waals surface area contributed by atoms with Crippen molar-refractivity contribution in [3.05, 3.63) is 70.2 Å². The zero-order valence-corrected chi connectivity index (χ0v) is 19.4. The molecule has 1 aromatic heterocycles. The Balaban J connectivity index is 1.75. The van der Waals surface area contributed by atoms with Crippen molar-refractivity contribution in [2.24, 2.45) is 0 Å². The SMILES string of the molecule is COc1ccc(Cl)cc1C(=O)Nc1sc(-c2ccccc2)c(C)c1C(=O)N1CCOCC1. The molecule has 8 heteroatoms. The fourth-order valence-electron chi connectivity index (χ4n) is 3.68. The van der Waals surface area contributed by atoms with Gasteiger partial charge in [0.05, 0.1) is 31.5 Å². The van der Waals surface area contributed by atoms with E-state index in [1.54, 1.807) is 23.1 Å². The molecule has 1 aliphatic heterocycles. The van der Waals surface area contributed by atoms with E-state index in [4.69, 9.17) is 21.1 Å². The predicted molar refractivity (Wildman–Crippen MR) is 127 cm³/mol. The third kappa shape index (κ3) is 4.50. The Labute approximate surface area is 195 Å². The Morgan fingerprint density at radius 2 is 1.84 bits per heavy atom. The molecule has 2 aromatic carbocycles. The van der Waals surface area contributed by atoms with Gasteiger partial charge in [-0.1, -0.05) is 41.9 Å². The highest BCUT2D eigenvalue weighted by Gasteiger charge is 2.28. The molecule has 6 nitrogen and oxygen atoms in total. The number of ether oxygens (including phenoxy) is 2. The predicted octanol–water partition coefficient (Wildman–Crippen LogP) is 5.11. The van der Waals surface area contributed by atoms with Gasteiger partial charge < -0.3 is 19.7 Å². The lowest BCUT2D eigenvalue weighted by Crippen LogP contribution is -2.41. The van der Waals surface area contributed by atoms with E-state index >= 15 is 0 Å². The Hall–Kier alpha value is -2.87. The lowest BCUT2D eigenvalue weighted by molar-refractivity contribution is 0.0303. The molecule has 0 atom stereocenters. The van der Waals surface area contributed by atoms with Crippen LogP contribution in [0.15, 0.2) is 48.5 Å².